The lowest BCUT2D eigenvalue weighted by atomic mass is 9.94. The highest BCUT2D eigenvalue weighted by Gasteiger charge is 2.38. The Hall–Kier alpha value is -1.96. The summed E-state index contributed by atoms with van der Waals surface area (Å²) in [6, 6.07) is 1.77. The van der Waals surface area contributed by atoms with Crippen LogP contribution in [0, 0.1) is 0 Å². The Labute approximate surface area is 122 Å². The summed E-state index contributed by atoms with van der Waals surface area (Å²) in [5.41, 5.74) is 6.28. The van der Waals surface area contributed by atoms with E-state index in [-0.39, 0.29) is 17.3 Å². The summed E-state index contributed by atoms with van der Waals surface area (Å²) in [5, 5.41) is 0. The Morgan fingerprint density at radius 2 is 2.05 bits per heavy atom. The van der Waals surface area contributed by atoms with Crippen LogP contribution in [0.1, 0.15) is 30.4 Å². The number of amides is 1. The van der Waals surface area contributed by atoms with Gasteiger partial charge < -0.3 is 10.3 Å². The van der Waals surface area contributed by atoms with Gasteiger partial charge in [0.15, 0.2) is 5.82 Å². The largest absolute Gasteiger partial charge is 0.363 e. The second kappa shape index (κ2) is 4.52. The van der Waals surface area contributed by atoms with E-state index < -0.39 is 21.3 Å². The van der Waals surface area contributed by atoms with E-state index in [1.54, 1.807) is 23.0 Å². The SMILES string of the molecule is CC1(n2c(C(N)=O)nc3cnccc32)CCS(=O)(=O)CC1. The van der Waals surface area contributed by atoms with Crippen molar-refractivity contribution in [3.8, 4) is 0 Å². The highest BCUT2D eigenvalue weighted by molar-refractivity contribution is 7.91. The second-order valence-corrected chi connectivity index (χ2v) is 7.95. The summed E-state index contributed by atoms with van der Waals surface area (Å²) in [6.07, 6.45) is 4.06. The first-order chi connectivity index (χ1) is 9.82. The first-order valence-corrected chi connectivity index (χ1v) is 8.48. The molecule has 1 aliphatic heterocycles. The molecule has 21 heavy (non-hydrogen) atoms. The number of imidazole rings is 1. The van der Waals surface area contributed by atoms with Crippen LogP contribution in [0.15, 0.2) is 18.5 Å². The summed E-state index contributed by atoms with van der Waals surface area (Å²) in [5.74, 6) is -0.264. The van der Waals surface area contributed by atoms with Crippen LogP contribution < -0.4 is 5.73 Å². The number of hydrogen-bond acceptors (Lipinski definition) is 5. The molecule has 3 heterocycles. The van der Waals surface area contributed by atoms with Crippen LogP contribution in [0.2, 0.25) is 0 Å². The number of carbonyl (C=O) groups is 1. The molecule has 2 aromatic rings. The highest BCUT2D eigenvalue weighted by atomic mass is 32.2. The third kappa shape index (κ3) is 2.29. The van der Waals surface area contributed by atoms with Crippen molar-refractivity contribution < 1.29 is 13.2 Å². The topological polar surface area (TPSA) is 108 Å². The van der Waals surface area contributed by atoms with E-state index in [9.17, 15) is 13.2 Å². The maximum absolute atomic E-state index is 11.7. The molecule has 1 fully saturated rings. The van der Waals surface area contributed by atoms with Crippen LogP contribution in [0.5, 0.6) is 0 Å². The van der Waals surface area contributed by atoms with Gasteiger partial charge in [-0.1, -0.05) is 0 Å². The van der Waals surface area contributed by atoms with Gasteiger partial charge >= 0.3 is 0 Å². The zero-order valence-electron chi connectivity index (χ0n) is 11.6. The fourth-order valence-corrected chi connectivity index (χ4v) is 4.55. The van der Waals surface area contributed by atoms with Gasteiger partial charge in [-0.25, -0.2) is 13.4 Å². The molecular weight excluding hydrogens is 292 g/mol. The Morgan fingerprint density at radius 1 is 1.38 bits per heavy atom. The van der Waals surface area contributed by atoms with Gasteiger partial charge in [0, 0.05) is 11.7 Å². The van der Waals surface area contributed by atoms with Gasteiger partial charge in [0.05, 0.1) is 23.2 Å². The Kier molecular flexibility index (Phi) is 3.01. The van der Waals surface area contributed by atoms with E-state index in [4.69, 9.17) is 5.73 Å². The van der Waals surface area contributed by atoms with Gasteiger partial charge in [-0.3, -0.25) is 9.78 Å². The number of primary amides is 1. The predicted molar refractivity (Wildman–Crippen MR) is 77.6 cm³/mol. The lowest BCUT2D eigenvalue weighted by Crippen LogP contribution is -2.41. The molecule has 0 bridgehead atoms. The number of aromatic nitrogens is 3. The number of hydrogen-bond donors (Lipinski definition) is 1. The van der Waals surface area contributed by atoms with E-state index in [2.05, 4.69) is 9.97 Å². The summed E-state index contributed by atoms with van der Waals surface area (Å²) < 4.78 is 25.1. The van der Waals surface area contributed by atoms with Gasteiger partial charge in [0.25, 0.3) is 5.91 Å². The standard InChI is InChI=1S/C13H16N4O3S/c1-13(3-6-21(19,20)7-4-13)17-10-2-5-15-8-9(10)16-12(17)11(14)18/h2,5,8H,3-4,6-7H2,1H3,(H2,14,18). The maximum Gasteiger partial charge on any atom is 0.284 e. The quantitative estimate of drug-likeness (QED) is 0.866. The first kappa shape index (κ1) is 14.0. The zero-order valence-corrected chi connectivity index (χ0v) is 12.4. The molecule has 3 rings (SSSR count). The summed E-state index contributed by atoms with van der Waals surface area (Å²) in [6.45, 7) is 1.94. The lowest BCUT2D eigenvalue weighted by Gasteiger charge is -2.36. The number of nitrogens with two attached hydrogens (primary N) is 1. The van der Waals surface area contributed by atoms with Crippen LogP contribution in [-0.4, -0.2) is 40.4 Å². The van der Waals surface area contributed by atoms with Crippen molar-refractivity contribution in [3.05, 3.63) is 24.3 Å². The second-order valence-electron chi connectivity index (χ2n) is 5.65. The molecule has 8 heteroatoms. The van der Waals surface area contributed by atoms with Gasteiger partial charge in [0.1, 0.15) is 15.4 Å². The molecule has 0 aromatic carbocycles. The molecular formula is C13H16N4O3S. The molecule has 1 aliphatic rings. The minimum Gasteiger partial charge on any atom is -0.363 e. The molecule has 1 saturated heterocycles. The minimum absolute atomic E-state index is 0.104. The number of nitrogens with zero attached hydrogens (tertiary/aromatic N) is 3. The van der Waals surface area contributed by atoms with E-state index in [1.807, 2.05) is 6.92 Å². The molecule has 0 aliphatic carbocycles. The van der Waals surface area contributed by atoms with E-state index in [0.717, 1.165) is 5.52 Å². The van der Waals surface area contributed by atoms with Crippen LogP contribution in [0.4, 0.5) is 0 Å². The van der Waals surface area contributed by atoms with Crippen LogP contribution in [0.25, 0.3) is 11.0 Å². The zero-order chi connectivity index (χ0) is 15.3. The monoisotopic (exact) mass is 308 g/mol. The van der Waals surface area contributed by atoms with Gasteiger partial charge in [-0.05, 0) is 25.8 Å². The number of rotatable bonds is 2. The van der Waals surface area contributed by atoms with Gasteiger partial charge in [0.2, 0.25) is 0 Å². The smallest absolute Gasteiger partial charge is 0.284 e. The summed E-state index contributed by atoms with van der Waals surface area (Å²) in [4.78, 5) is 19.9. The van der Waals surface area contributed by atoms with E-state index in [1.165, 1.54) is 0 Å². The third-order valence-corrected chi connectivity index (χ3v) is 5.77. The number of fused-ring (bicyclic) bond motifs is 1. The van der Waals surface area contributed by atoms with Gasteiger partial charge in [-0.2, -0.15) is 0 Å². The Morgan fingerprint density at radius 3 is 2.67 bits per heavy atom. The Balaban J connectivity index is 2.19. The molecule has 1 amide bonds. The molecule has 0 unspecified atom stereocenters. The fourth-order valence-electron chi connectivity index (χ4n) is 2.85. The van der Waals surface area contributed by atoms with Crippen molar-refractivity contribution in [3.63, 3.8) is 0 Å². The minimum atomic E-state index is -2.99. The van der Waals surface area contributed by atoms with Crippen molar-refractivity contribution in [2.24, 2.45) is 5.73 Å². The first-order valence-electron chi connectivity index (χ1n) is 6.66. The number of sulfone groups is 1. The van der Waals surface area contributed by atoms with Crippen LogP contribution >= 0.6 is 0 Å². The van der Waals surface area contributed by atoms with Crippen LogP contribution in [-0.2, 0) is 15.4 Å². The average molecular weight is 308 g/mol. The summed E-state index contributed by atoms with van der Waals surface area (Å²) >= 11 is 0. The molecule has 2 N–H and O–H groups in total. The molecule has 0 atom stereocenters. The molecule has 112 valence electrons. The van der Waals surface area contributed by atoms with Crippen LogP contribution in [0.3, 0.4) is 0 Å². The van der Waals surface area contributed by atoms with Crippen molar-refractivity contribution in [2.45, 2.75) is 25.3 Å². The highest BCUT2D eigenvalue weighted by Crippen LogP contribution is 2.35. The normalized spacial score (nSPS) is 20.4. The molecule has 7 nitrogen and oxygen atoms in total. The average Bonchev–Trinajstić information content (AvgIpc) is 2.83. The number of pyridine rings is 1. The Bertz CT molecular complexity index is 811. The number of carbonyl (C=O) groups excluding carboxylic acids is 1. The van der Waals surface area contributed by atoms with E-state index >= 15 is 0 Å². The summed E-state index contributed by atoms with van der Waals surface area (Å²) in [7, 11) is -2.99. The van der Waals surface area contributed by atoms with Crippen molar-refractivity contribution in [1.29, 1.82) is 0 Å². The van der Waals surface area contributed by atoms with Crippen molar-refractivity contribution >= 4 is 26.8 Å². The maximum atomic E-state index is 11.7. The molecule has 0 radical (unpaired) electrons. The third-order valence-electron chi connectivity index (χ3n) is 4.12. The van der Waals surface area contributed by atoms with Gasteiger partial charge in [-0.15, -0.1) is 0 Å². The predicted octanol–water partition coefficient (Wildman–Crippen LogP) is 0.454. The lowest BCUT2D eigenvalue weighted by molar-refractivity contribution is 0.0977. The van der Waals surface area contributed by atoms with Crippen molar-refractivity contribution in [2.75, 3.05) is 11.5 Å². The fraction of sp³-hybridized carbons (Fsp3) is 0.462. The molecule has 0 spiro atoms. The van der Waals surface area contributed by atoms with Crippen molar-refractivity contribution in [1.82, 2.24) is 14.5 Å². The van der Waals surface area contributed by atoms with E-state index in [0.29, 0.717) is 18.4 Å². The molecule has 2 aromatic heterocycles. The molecule has 0 saturated carbocycles.